The van der Waals surface area contributed by atoms with Gasteiger partial charge in [-0.2, -0.15) is 0 Å². The van der Waals surface area contributed by atoms with Gasteiger partial charge in [0.1, 0.15) is 11.5 Å². The Morgan fingerprint density at radius 1 is 1.05 bits per heavy atom. The van der Waals surface area contributed by atoms with Crippen molar-refractivity contribution in [3.8, 4) is 11.5 Å². The lowest BCUT2D eigenvalue weighted by Crippen LogP contribution is -2.53. The minimum Gasteiger partial charge on any atom is -0.457 e. The van der Waals surface area contributed by atoms with Gasteiger partial charge < -0.3 is 14.7 Å². The minimum absolute atomic E-state index is 0.0906. The number of aliphatic hydroxyl groups is 1. The standard InChI is InChI=1S/C18H17NO3/c20-11-12-9-19(10-12)18(21)17-13-5-1-3-7-15(13)22-16-8-4-2-6-14(16)17/h1-8,12,17,20H,9-11H2. The third kappa shape index (κ3) is 1.99. The van der Waals surface area contributed by atoms with E-state index < -0.39 is 0 Å². The highest BCUT2D eigenvalue weighted by Crippen LogP contribution is 2.45. The second kappa shape index (κ2) is 5.14. The second-order valence-corrected chi connectivity index (χ2v) is 5.90. The van der Waals surface area contributed by atoms with Gasteiger partial charge in [-0.3, -0.25) is 4.79 Å². The molecule has 0 unspecified atom stereocenters. The average molecular weight is 295 g/mol. The number of fused-ring (bicyclic) bond motifs is 2. The molecular weight excluding hydrogens is 278 g/mol. The highest BCUT2D eigenvalue weighted by Gasteiger charge is 2.39. The Morgan fingerprint density at radius 2 is 1.59 bits per heavy atom. The average Bonchev–Trinajstić information content (AvgIpc) is 2.51. The molecule has 1 N–H and O–H groups in total. The molecule has 22 heavy (non-hydrogen) atoms. The molecule has 0 bridgehead atoms. The molecule has 0 spiro atoms. The van der Waals surface area contributed by atoms with Gasteiger partial charge in [-0.15, -0.1) is 0 Å². The molecule has 0 radical (unpaired) electrons. The number of likely N-dealkylation sites (tertiary alicyclic amines) is 1. The van der Waals surface area contributed by atoms with Gasteiger partial charge in [-0.25, -0.2) is 0 Å². The van der Waals surface area contributed by atoms with E-state index in [0.717, 1.165) is 22.6 Å². The van der Waals surface area contributed by atoms with Gasteiger partial charge in [0.2, 0.25) is 5.91 Å². The molecule has 2 aliphatic rings. The number of benzene rings is 2. The quantitative estimate of drug-likeness (QED) is 0.925. The summed E-state index contributed by atoms with van der Waals surface area (Å²) in [4.78, 5) is 14.8. The summed E-state index contributed by atoms with van der Waals surface area (Å²) in [5.41, 5.74) is 1.83. The molecule has 2 aliphatic heterocycles. The smallest absolute Gasteiger partial charge is 0.234 e. The van der Waals surface area contributed by atoms with Crippen molar-refractivity contribution in [2.75, 3.05) is 19.7 Å². The van der Waals surface area contributed by atoms with Crippen LogP contribution in [-0.4, -0.2) is 35.6 Å². The molecule has 2 heterocycles. The van der Waals surface area contributed by atoms with Crippen LogP contribution >= 0.6 is 0 Å². The molecule has 1 fully saturated rings. The van der Waals surface area contributed by atoms with Crippen molar-refractivity contribution in [2.45, 2.75) is 5.92 Å². The van der Waals surface area contributed by atoms with E-state index >= 15 is 0 Å². The number of hydrogen-bond donors (Lipinski definition) is 1. The Bertz CT molecular complexity index is 676. The highest BCUT2D eigenvalue weighted by atomic mass is 16.5. The number of carbonyl (C=O) groups excluding carboxylic acids is 1. The number of carbonyl (C=O) groups is 1. The first kappa shape index (κ1) is 13.3. The van der Waals surface area contributed by atoms with E-state index in [1.807, 2.05) is 53.4 Å². The fourth-order valence-electron chi connectivity index (χ4n) is 3.22. The van der Waals surface area contributed by atoms with Crippen molar-refractivity contribution < 1.29 is 14.6 Å². The molecule has 2 aromatic rings. The summed E-state index contributed by atoms with van der Waals surface area (Å²) in [5.74, 6) is 1.49. The molecule has 0 aromatic heterocycles. The zero-order valence-corrected chi connectivity index (χ0v) is 12.1. The maximum absolute atomic E-state index is 13.0. The highest BCUT2D eigenvalue weighted by molar-refractivity contribution is 5.90. The third-order valence-electron chi connectivity index (χ3n) is 4.45. The molecule has 4 rings (SSSR count). The first-order chi connectivity index (χ1) is 10.8. The van der Waals surface area contributed by atoms with Gasteiger partial charge >= 0.3 is 0 Å². The summed E-state index contributed by atoms with van der Waals surface area (Å²) in [6.07, 6.45) is 0. The van der Waals surface area contributed by atoms with E-state index in [2.05, 4.69) is 0 Å². The van der Waals surface area contributed by atoms with Gasteiger partial charge in [-0.1, -0.05) is 36.4 Å². The van der Waals surface area contributed by atoms with Crippen LogP contribution in [0.3, 0.4) is 0 Å². The van der Waals surface area contributed by atoms with Gasteiger partial charge in [0.05, 0.1) is 5.92 Å². The molecule has 0 aliphatic carbocycles. The number of hydrogen-bond acceptors (Lipinski definition) is 3. The zero-order chi connectivity index (χ0) is 15.1. The van der Waals surface area contributed by atoms with Crippen molar-refractivity contribution in [3.63, 3.8) is 0 Å². The topological polar surface area (TPSA) is 49.8 Å². The number of aliphatic hydroxyl groups excluding tert-OH is 1. The summed E-state index contributed by atoms with van der Waals surface area (Å²) in [5, 5.41) is 9.15. The predicted octanol–water partition coefficient (Wildman–Crippen LogP) is 2.37. The van der Waals surface area contributed by atoms with E-state index in [4.69, 9.17) is 9.84 Å². The minimum atomic E-state index is -0.319. The fourth-order valence-corrected chi connectivity index (χ4v) is 3.22. The van der Waals surface area contributed by atoms with Crippen molar-refractivity contribution in [1.82, 2.24) is 4.90 Å². The molecule has 1 saturated heterocycles. The van der Waals surface area contributed by atoms with Gasteiger partial charge in [0.25, 0.3) is 0 Å². The van der Waals surface area contributed by atoms with E-state index in [-0.39, 0.29) is 24.3 Å². The molecule has 0 atom stereocenters. The lowest BCUT2D eigenvalue weighted by Gasteiger charge is -2.41. The Morgan fingerprint density at radius 3 is 2.14 bits per heavy atom. The molecule has 4 nitrogen and oxygen atoms in total. The largest absolute Gasteiger partial charge is 0.457 e. The number of amides is 1. The number of para-hydroxylation sites is 2. The fraction of sp³-hybridized carbons (Fsp3) is 0.278. The van der Waals surface area contributed by atoms with E-state index in [9.17, 15) is 4.79 Å². The summed E-state index contributed by atoms with van der Waals surface area (Å²) in [6.45, 7) is 1.42. The molecule has 4 heteroatoms. The first-order valence-corrected chi connectivity index (χ1v) is 7.53. The molecular formula is C18H17NO3. The van der Waals surface area contributed by atoms with Crippen LogP contribution in [0.5, 0.6) is 11.5 Å². The van der Waals surface area contributed by atoms with Crippen molar-refractivity contribution in [2.24, 2.45) is 5.92 Å². The maximum atomic E-state index is 13.0. The normalized spacial score (nSPS) is 17.2. The van der Waals surface area contributed by atoms with Crippen LogP contribution in [0, 0.1) is 5.92 Å². The van der Waals surface area contributed by atoms with Crippen molar-refractivity contribution in [1.29, 1.82) is 0 Å². The van der Waals surface area contributed by atoms with Gasteiger partial charge in [0.15, 0.2) is 0 Å². The molecule has 2 aromatic carbocycles. The van der Waals surface area contributed by atoms with Crippen LogP contribution in [0.4, 0.5) is 0 Å². The van der Waals surface area contributed by atoms with Crippen LogP contribution in [0.15, 0.2) is 48.5 Å². The summed E-state index contributed by atoms with van der Waals surface area (Å²) in [6, 6.07) is 15.4. The maximum Gasteiger partial charge on any atom is 0.234 e. The van der Waals surface area contributed by atoms with Crippen LogP contribution in [-0.2, 0) is 4.79 Å². The monoisotopic (exact) mass is 295 g/mol. The summed E-state index contributed by atoms with van der Waals surface area (Å²) < 4.78 is 5.92. The zero-order valence-electron chi connectivity index (χ0n) is 12.1. The van der Waals surface area contributed by atoms with Crippen LogP contribution in [0.2, 0.25) is 0 Å². The number of ether oxygens (including phenoxy) is 1. The summed E-state index contributed by atoms with van der Waals surface area (Å²) >= 11 is 0. The number of rotatable bonds is 2. The van der Waals surface area contributed by atoms with Crippen molar-refractivity contribution in [3.05, 3.63) is 59.7 Å². The first-order valence-electron chi connectivity index (χ1n) is 7.53. The lowest BCUT2D eigenvalue weighted by atomic mass is 9.85. The third-order valence-corrected chi connectivity index (χ3v) is 4.45. The van der Waals surface area contributed by atoms with Crippen molar-refractivity contribution >= 4 is 5.91 Å². The van der Waals surface area contributed by atoms with E-state index in [1.165, 1.54) is 0 Å². The second-order valence-electron chi connectivity index (χ2n) is 5.90. The molecule has 112 valence electrons. The van der Waals surface area contributed by atoms with Crippen LogP contribution < -0.4 is 4.74 Å². The predicted molar refractivity (Wildman–Crippen MR) is 82.0 cm³/mol. The summed E-state index contributed by atoms with van der Waals surface area (Å²) in [7, 11) is 0. The SMILES string of the molecule is O=C(C1c2ccccc2Oc2ccccc21)N1CC(CO)C1. The Labute approximate surface area is 128 Å². The van der Waals surface area contributed by atoms with Crippen LogP contribution in [0.1, 0.15) is 17.0 Å². The van der Waals surface area contributed by atoms with Gasteiger partial charge in [0, 0.05) is 36.7 Å². The van der Waals surface area contributed by atoms with Crippen LogP contribution in [0.25, 0.3) is 0 Å². The van der Waals surface area contributed by atoms with Gasteiger partial charge in [-0.05, 0) is 12.1 Å². The Hall–Kier alpha value is -2.33. The Balaban J connectivity index is 1.73. The molecule has 0 saturated carbocycles. The van der Waals surface area contributed by atoms with E-state index in [0.29, 0.717) is 13.1 Å². The molecule has 1 amide bonds. The lowest BCUT2D eigenvalue weighted by molar-refractivity contribution is -0.139. The number of nitrogens with zero attached hydrogens (tertiary/aromatic N) is 1. The Kier molecular flexibility index (Phi) is 3.12. The van der Waals surface area contributed by atoms with E-state index in [1.54, 1.807) is 0 Å².